The molecule has 0 bridgehead atoms. The van der Waals surface area contributed by atoms with Gasteiger partial charge in [0.2, 0.25) is 11.8 Å². The number of hydrogen-bond donors (Lipinski definition) is 3. The zero-order valence-electron chi connectivity index (χ0n) is 17.7. The molecule has 2 aromatic heterocycles. The summed E-state index contributed by atoms with van der Waals surface area (Å²) in [4.78, 5) is 23.7. The molecule has 0 saturated carbocycles. The molecule has 176 valence electrons. The van der Waals surface area contributed by atoms with Crippen molar-refractivity contribution in [3.8, 4) is 5.88 Å². The van der Waals surface area contributed by atoms with Gasteiger partial charge in [0.25, 0.3) is 0 Å². The summed E-state index contributed by atoms with van der Waals surface area (Å²) in [5, 5.41) is 13.6. The number of imidazole rings is 1. The van der Waals surface area contributed by atoms with Gasteiger partial charge < -0.3 is 25.1 Å². The number of nitrogens with one attached hydrogen (secondary N) is 1. The predicted molar refractivity (Wildman–Crippen MR) is 108 cm³/mol. The second-order valence-corrected chi connectivity index (χ2v) is 9.12. The van der Waals surface area contributed by atoms with Crippen molar-refractivity contribution in [3.05, 3.63) is 6.33 Å². The first-order valence-corrected chi connectivity index (χ1v) is 11.5. The van der Waals surface area contributed by atoms with E-state index in [1.54, 1.807) is 13.8 Å². The topological polar surface area (TPSA) is 182 Å². The van der Waals surface area contributed by atoms with Crippen LogP contribution in [0.3, 0.4) is 0 Å². The Hall–Kier alpha value is -2.35. The number of hydrogen-bond acceptors (Lipinski definition) is 12. The number of anilines is 1. The molecule has 0 aliphatic carbocycles. The zero-order valence-corrected chi connectivity index (χ0v) is 18.6. The van der Waals surface area contributed by atoms with Crippen LogP contribution in [0.25, 0.3) is 11.2 Å². The number of nitrogens with zero attached hydrogens (tertiary/aromatic N) is 4. The van der Waals surface area contributed by atoms with E-state index in [2.05, 4.69) is 20.0 Å². The van der Waals surface area contributed by atoms with Crippen molar-refractivity contribution >= 4 is 30.8 Å². The summed E-state index contributed by atoms with van der Waals surface area (Å²) in [6.07, 6.45) is -2.16. The number of carbonyl (C=O) groups is 1. The van der Waals surface area contributed by atoms with Crippen LogP contribution in [0.15, 0.2) is 6.33 Å². The third kappa shape index (κ3) is 4.29. The zero-order chi connectivity index (χ0) is 23.0. The molecule has 2 unspecified atom stereocenters. The third-order valence-corrected chi connectivity index (χ3v) is 6.78. The van der Waals surface area contributed by atoms with Crippen molar-refractivity contribution in [3.63, 3.8) is 0 Å². The minimum absolute atomic E-state index is 0.0108. The molecule has 0 radical (unpaired) electrons. The summed E-state index contributed by atoms with van der Waals surface area (Å²) in [7, 11) is -2.36. The molecule has 4 N–H and O–H groups in total. The Morgan fingerprint density at radius 2 is 2.28 bits per heavy atom. The molecule has 2 saturated heterocycles. The van der Waals surface area contributed by atoms with Gasteiger partial charge in [0.15, 0.2) is 17.4 Å². The lowest BCUT2D eigenvalue weighted by atomic mass is 10.1. The quantitative estimate of drug-likeness (QED) is 0.365. The number of nitrogen functional groups attached to an aromatic ring is 1. The highest BCUT2D eigenvalue weighted by atomic mass is 31.2. The van der Waals surface area contributed by atoms with Crippen LogP contribution in [0, 0.1) is 0 Å². The molecular formula is C17H25N6O8P. The largest absolute Gasteiger partial charge is 0.479 e. The Kier molecular flexibility index (Phi) is 6.34. The first-order valence-electron chi connectivity index (χ1n) is 9.98. The van der Waals surface area contributed by atoms with Gasteiger partial charge in [-0.2, -0.15) is 9.97 Å². The standard InChI is InChI=1S/C17H25N6O8P/c1-4-10(24)28-5-8(2)22-32(26)29-6-9-13(31-32)12(25)16(30-9)23-7-19-11-14(23)20-17(18)21-15(11)27-3/h7-9,12-13,16,25H,4-6H2,1-3H3,(H,22,26)(H2,18,20,21)/t8-,9?,12-,13+,16+,32?/m0/s1. The molecule has 32 heavy (non-hydrogen) atoms. The van der Waals surface area contributed by atoms with Crippen molar-refractivity contribution in [2.24, 2.45) is 0 Å². The van der Waals surface area contributed by atoms with E-state index in [1.165, 1.54) is 18.0 Å². The van der Waals surface area contributed by atoms with E-state index in [1.807, 2.05) is 0 Å². The van der Waals surface area contributed by atoms with Crippen molar-refractivity contribution in [2.45, 2.75) is 50.8 Å². The SMILES string of the molecule is CCC(=O)OC[C@H](C)NP1(=O)OCC2O[C@@H](n3cnc4c(OC)nc(N)nc43)[C@@H](O)[C@@H]2O1. The van der Waals surface area contributed by atoms with Crippen LogP contribution in [0.1, 0.15) is 26.5 Å². The number of esters is 1. The third-order valence-electron chi connectivity index (χ3n) is 5.01. The van der Waals surface area contributed by atoms with E-state index in [4.69, 9.17) is 29.0 Å². The molecule has 0 amide bonds. The predicted octanol–water partition coefficient (Wildman–Crippen LogP) is 0.130. The van der Waals surface area contributed by atoms with Crippen LogP contribution < -0.4 is 15.6 Å². The first-order chi connectivity index (χ1) is 15.2. The van der Waals surface area contributed by atoms with Crippen molar-refractivity contribution in [1.29, 1.82) is 0 Å². The smallest absolute Gasteiger partial charge is 0.406 e. The van der Waals surface area contributed by atoms with E-state index in [-0.39, 0.29) is 37.4 Å². The summed E-state index contributed by atoms with van der Waals surface area (Å²) in [5.74, 6) is -0.229. The van der Waals surface area contributed by atoms with Crippen LogP contribution in [-0.2, 0) is 27.9 Å². The van der Waals surface area contributed by atoms with Gasteiger partial charge in [-0.1, -0.05) is 6.92 Å². The molecule has 2 aliphatic heterocycles. The van der Waals surface area contributed by atoms with Gasteiger partial charge in [0, 0.05) is 12.5 Å². The summed E-state index contributed by atoms with van der Waals surface area (Å²) >= 11 is 0. The molecule has 2 aromatic rings. The summed E-state index contributed by atoms with van der Waals surface area (Å²) in [5.41, 5.74) is 6.38. The van der Waals surface area contributed by atoms with E-state index in [0.29, 0.717) is 11.2 Å². The lowest BCUT2D eigenvalue weighted by Crippen LogP contribution is -2.43. The molecular weight excluding hydrogens is 447 g/mol. The van der Waals surface area contributed by atoms with E-state index >= 15 is 0 Å². The highest BCUT2D eigenvalue weighted by Crippen LogP contribution is 2.53. The van der Waals surface area contributed by atoms with Gasteiger partial charge in [-0.15, -0.1) is 0 Å². The monoisotopic (exact) mass is 472 g/mol. The van der Waals surface area contributed by atoms with Gasteiger partial charge in [0.1, 0.15) is 24.9 Å². The van der Waals surface area contributed by atoms with Crippen LogP contribution in [0.2, 0.25) is 0 Å². The van der Waals surface area contributed by atoms with Gasteiger partial charge in [0.05, 0.1) is 20.0 Å². The minimum atomic E-state index is -3.79. The van der Waals surface area contributed by atoms with Crippen LogP contribution in [0.4, 0.5) is 5.95 Å². The molecule has 0 aromatic carbocycles. The summed E-state index contributed by atoms with van der Waals surface area (Å²) in [6, 6.07) is -0.507. The second kappa shape index (κ2) is 8.89. The number of aromatic nitrogens is 4. The Balaban J connectivity index is 1.49. The van der Waals surface area contributed by atoms with Crippen molar-refractivity contribution in [1.82, 2.24) is 24.6 Å². The number of fused-ring (bicyclic) bond motifs is 2. The number of rotatable bonds is 7. The highest BCUT2D eigenvalue weighted by Gasteiger charge is 2.53. The van der Waals surface area contributed by atoms with Gasteiger partial charge in [-0.05, 0) is 6.92 Å². The van der Waals surface area contributed by atoms with Crippen molar-refractivity contribution < 1.29 is 37.7 Å². The Morgan fingerprint density at radius 3 is 3.00 bits per heavy atom. The molecule has 2 aliphatic rings. The number of ether oxygens (including phenoxy) is 3. The number of aliphatic hydroxyl groups is 1. The highest BCUT2D eigenvalue weighted by molar-refractivity contribution is 7.51. The normalized spacial score (nSPS) is 30.8. The lowest BCUT2D eigenvalue weighted by molar-refractivity contribution is -0.143. The van der Waals surface area contributed by atoms with Crippen LogP contribution in [0.5, 0.6) is 5.88 Å². The average molecular weight is 472 g/mol. The maximum absolute atomic E-state index is 13.0. The van der Waals surface area contributed by atoms with Gasteiger partial charge in [-0.3, -0.25) is 18.4 Å². The summed E-state index contributed by atoms with van der Waals surface area (Å²) in [6.45, 7) is 3.24. The van der Waals surface area contributed by atoms with E-state index in [9.17, 15) is 14.5 Å². The minimum Gasteiger partial charge on any atom is -0.479 e. The number of aliphatic hydroxyl groups excluding tert-OH is 1. The first kappa shape index (κ1) is 22.8. The number of carbonyl (C=O) groups excluding carboxylic acids is 1. The maximum Gasteiger partial charge on any atom is 0.406 e. The van der Waals surface area contributed by atoms with E-state index in [0.717, 1.165) is 0 Å². The molecule has 14 nitrogen and oxygen atoms in total. The van der Waals surface area contributed by atoms with Crippen LogP contribution in [-0.4, -0.2) is 75.3 Å². The summed E-state index contributed by atoms with van der Waals surface area (Å²) < 4.78 is 41.6. The maximum atomic E-state index is 13.0. The molecule has 15 heteroatoms. The fourth-order valence-corrected chi connectivity index (χ4v) is 5.24. The fraction of sp³-hybridized carbons (Fsp3) is 0.647. The fourth-order valence-electron chi connectivity index (χ4n) is 3.51. The number of nitrogens with two attached hydrogens (primary N) is 1. The Morgan fingerprint density at radius 1 is 1.50 bits per heavy atom. The number of methoxy groups -OCH3 is 1. The molecule has 0 spiro atoms. The van der Waals surface area contributed by atoms with Gasteiger partial charge in [-0.25, -0.2) is 14.6 Å². The second-order valence-electron chi connectivity index (χ2n) is 7.40. The molecule has 4 rings (SSSR count). The van der Waals surface area contributed by atoms with Crippen molar-refractivity contribution in [2.75, 3.05) is 26.1 Å². The Labute approximate surface area is 182 Å². The average Bonchev–Trinajstić information content (AvgIpc) is 3.31. The van der Waals surface area contributed by atoms with Crippen LogP contribution >= 0.6 is 7.75 Å². The van der Waals surface area contributed by atoms with Gasteiger partial charge >= 0.3 is 13.7 Å². The molecule has 2 fully saturated rings. The Bertz CT molecular complexity index is 1050. The molecule has 4 heterocycles. The van der Waals surface area contributed by atoms with E-state index < -0.39 is 38.3 Å². The lowest BCUT2D eigenvalue weighted by Gasteiger charge is -2.33. The molecule has 6 atom stereocenters.